The number of likely N-dealkylation sites (tertiary alicyclic amines) is 1. The minimum absolute atomic E-state index is 0.0603. The monoisotopic (exact) mass is 445 g/mol. The summed E-state index contributed by atoms with van der Waals surface area (Å²) < 4.78 is 2.13. The molecular weight excluding hydrogens is 418 g/mol. The van der Waals surface area contributed by atoms with E-state index < -0.39 is 0 Å². The molecule has 3 aromatic rings. The summed E-state index contributed by atoms with van der Waals surface area (Å²) in [5.74, 6) is -0.125. The Bertz CT molecular complexity index is 1220. The molecule has 2 aromatic heterocycles. The Kier molecular flexibility index (Phi) is 5.64. The van der Waals surface area contributed by atoms with Crippen LogP contribution in [0, 0.1) is 6.92 Å². The van der Waals surface area contributed by atoms with Gasteiger partial charge in [-0.2, -0.15) is 0 Å². The van der Waals surface area contributed by atoms with Crippen molar-refractivity contribution in [2.24, 2.45) is 0 Å². The van der Waals surface area contributed by atoms with Crippen molar-refractivity contribution in [2.75, 3.05) is 6.54 Å². The highest BCUT2D eigenvalue weighted by atomic mass is 32.2. The molecule has 4 heterocycles. The Morgan fingerprint density at radius 1 is 1.16 bits per heavy atom. The lowest BCUT2D eigenvalue weighted by Crippen LogP contribution is -2.44. The first-order valence-electron chi connectivity index (χ1n) is 11.3. The number of piperidine rings is 1. The van der Waals surface area contributed by atoms with Crippen LogP contribution in [0.15, 0.2) is 64.5 Å². The Labute approximate surface area is 192 Å². The molecule has 1 saturated heterocycles. The lowest BCUT2D eigenvalue weighted by molar-refractivity contribution is 0.0632. The molecule has 5 rings (SSSR count). The van der Waals surface area contributed by atoms with Gasteiger partial charge in [0.15, 0.2) is 5.43 Å². The van der Waals surface area contributed by atoms with Gasteiger partial charge < -0.3 is 9.47 Å². The summed E-state index contributed by atoms with van der Waals surface area (Å²) in [6, 6.07) is 14.0. The smallest absolute Gasteiger partial charge is 0.259 e. The third-order valence-corrected chi connectivity index (χ3v) is 7.91. The predicted molar refractivity (Wildman–Crippen MR) is 128 cm³/mol. The van der Waals surface area contributed by atoms with Crippen molar-refractivity contribution in [1.29, 1.82) is 0 Å². The van der Waals surface area contributed by atoms with Gasteiger partial charge >= 0.3 is 0 Å². The molecule has 0 aliphatic carbocycles. The van der Waals surface area contributed by atoms with E-state index >= 15 is 0 Å². The molecule has 5 nitrogen and oxygen atoms in total. The molecule has 2 unspecified atom stereocenters. The number of hydrogen-bond donors (Lipinski definition) is 0. The quantitative estimate of drug-likeness (QED) is 0.560. The second-order valence-electron chi connectivity index (χ2n) is 8.72. The van der Waals surface area contributed by atoms with E-state index in [1.54, 1.807) is 24.0 Å². The Morgan fingerprint density at radius 2 is 2.00 bits per heavy atom. The van der Waals surface area contributed by atoms with Gasteiger partial charge in [-0.25, -0.2) is 0 Å². The Balaban J connectivity index is 1.73. The number of aromatic nitrogens is 2. The largest absolute Gasteiger partial charge is 0.336 e. The van der Waals surface area contributed by atoms with Crippen LogP contribution in [0.3, 0.4) is 0 Å². The van der Waals surface area contributed by atoms with E-state index in [4.69, 9.17) is 0 Å². The number of nitrogens with zero attached hydrogens (tertiary/aromatic N) is 3. The lowest BCUT2D eigenvalue weighted by Gasteiger charge is -2.34. The second-order valence-corrected chi connectivity index (χ2v) is 9.96. The molecule has 0 saturated carbocycles. The number of para-hydroxylation sites is 1. The van der Waals surface area contributed by atoms with Crippen molar-refractivity contribution in [3.05, 3.63) is 87.6 Å². The van der Waals surface area contributed by atoms with E-state index in [2.05, 4.69) is 34.7 Å². The minimum Gasteiger partial charge on any atom is -0.336 e. The Hall–Kier alpha value is -2.86. The number of carbonyl (C=O) groups is 1. The first kappa shape index (κ1) is 21.0. The highest BCUT2D eigenvalue weighted by molar-refractivity contribution is 7.99. The number of hydrogen-bond acceptors (Lipinski definition) is 4. The molecule has 1 fully saturated rings. The van der Waals surface area contributed by atoms with Crippen LogP contribution in [-0.4, -0.2) is 32.9 Å². The number of amides is 1. The van der Waals surface area contributed by atoms with E-state index in [0.717, 1.165) is 46.8 Å². The zero-order valence-electron chi connectivity index (χ0n) is 18.5. The van der Waals surface area contributed by atoms with Gasteiger partial charge in [0.1, 0.15) is 5.56 Å². The van der Waals surface area contributed by atoms with Crippen LogP contribution in [0.5, 0.6) is 0 Å². The maximum atomic E-state index is 13.8. The average Bonchev–Trinajstić information content (AvgIpc) is 2.97. The number of fused-ring (bicyclic) bond motifs is 3. The highest BCUT2D eigenvalue weighted by Gasteiger charge is 2.33. The normalized spacial score (nSPS) is 20.2. The maximum Gasteiger partial charge on any atom is 0.259 e. The van der Waals surface area contributed by atoms with Crippen molar-refractivity contribution < 1.29 is 4.79 Å². The Morgan fingerprint density at radius 3 is 2.78 bits per heavy atom. The van der Waals surface area contributed by atoms with Crippen molar-refractivity contribution >= 4 is 17.7 Å². The molecule has 1 aromatic carbocycles. The molecule has 2 atom stereocenters. The van der Waals surface area contributed by atoms with E-state index in [9.17, 15) is 9.59 Å². The lowest BCUT2D eigenvalue weighted by atomic mass is 9.98. The molecule has 6 heteroatoms. The van der Waals surface area contributed by atoms with Crippen LogP contribution in [0.25, 0.3) is 5.69 Å². The van der Waals surface area contributed by atoms with Crippen LogP contribution in [0.1, 0.15) is 58.7 Å². The number of aryl methyl sites for hydroxylation is 1. The molecule has 1 amide bonds. The molecule has 164 valence electrons. The molecular formula is C26H27N3O2S. The number of thioether (sulfide) groups is 1. The zero-order chi connectivity index (χ0) is 22.2. The zero-order valence-corrected chi connectivity index (χ0v) is 19.3. The standard InChI is InChI=1S/C26H27N3O2S/c1-17-8-5-6-13-28(17)26(31)25-21-15-24(19-9-7-12-27-16-19)32-23-11-4-3-10-20(23)29(21)18(2)14-22(25)30/h3-4,7,9-12,14,16-17,24H,5-6,8,13,15H2,1-2H3. The molecule has 2 aliphatic heterocycles. The summed E-state index contributed by atoms with van der Waals surface area (Å²) in [5, 5.41) is 0.0603. The first-order valence-corrected chi connectivity index (χ1v) is 12.1. The molecule has 0 bridgehead atoms. The number of rotatable bonds is 2. The van der Waals surface area contributed by atoms with Crippen LogP contribution in [0.4, 0.5) is 0 Å². The van der Waals surface area contributed by atoms with Crippen molar-refractivity contribution in [3.63, 3.8) is 0 Å². The van der Waals surface area contributed by atoms with Gasteiger partial charge in [-0.3, -0.25) is 14.6 Å². The van der Waals surface area contributed by atoms with Gasteiger partial charge in [0.2, 0.25) is 0 Å². The van der Waals surface area contributed by atoms with E-state index in [1.807, 2.05) is 36.2 Å². The highest BCUT2D eigenvalue weighted by Crippen LogP contribution is 2.44. The van der Waals surface area contributed by atoms with Crippen molar-refractivity contribution in [3.8, 4) is 5.69 Å². The average molecular weight is 446 g/mol. The molecule has 0 N–H and O–H groups in total. The van der Waals surface area contributed by atoms with E-state index in [-0.39, 0.29) is 22.6 Å². The number of benzene rings is 1. The summed E-state index contributed by atoms with van der Waals surface area (Å²) >= 11 is 1.77. The summed E-state index contributed by atoms with van der Waals surface area (Å²) in [5.41, 5.74) is 3.94. The van der Waals surface area contributed by atoms with Gasteiger partial charge in [-0.15, -0.1) is 11.8 Å². The molecule has 0 spiro atoms. The molecule has 32 heavy (non-hydrogen) atoms. The number of pyridine rings is 2. The van der Waals surface area contributed by atoms with Gasteiger partial charge in [0.25, 0.3) is 5.91 Å². The van der Waals surface area contributed by atoms with Crippen LogP contribution in [0.2, 0.25) is 0 Å². The van der Waals surface area contributed by atoms with E-state index in [1.165, 1.54) is 0 Å². The summed E-state index contributed by atoms with van der Waals surface area (Å²) in [4.78, 5) is 34.4. The maximum absolute atomic E-state index is 13.8. The third kappa shape index (κ3) is 3.66. The first-order chi connectivity index (χ1) is 15.5. The predicted octanol–water partition coefficient (Wildman–Crippen LogP) is 4.95. The minimum atomic E-state index is -0.175. The van der Waals surface area contributed by atoms with Gasteiger partial charge in [-0.05, 0) is 56.9 Å². The van der Waals surface area contributed by atoms with Gasteiger partial charge in [-0.1, -0.05) is 18.2 Å². The van der Waals surface area contributed by atoms with E-state index in [0.29, 0.717) is 18.5 Å². The fraction of sp³-hybridized carbons (Fsp3) is 0.346. The van der Waals surface area contributed by atoms with Crippen LogP contribution >= 0.6 is 11.8 Å². The van der Waals surface area contributed by atoms with Crippen LogP contribution in [-0.2, 0) is 6.42 Å². The topological polar surface area (TPSA) is 55.2 Å². The summed E-state index contributed by atoms with van der Waals surface area (Å²) in [7, 11) is 0. The van der Waals surface area contributed by atoms with Crippen LogP contribution < -0.4 is 5.43 Å². The summed E-state index contributed by atoms with van der Waals surface area (Å²) in [6.45, 7) is 4.75. The molecule has 0 radical (unpaired) electrons. The van der Waals surface area contributed by atoms with Gasteiger partial charge in [0, 0.05) is 59.0 Å². The third-order valence-electron chi connectivity index (χ3n) is 6.59. The van der Waals surface area contributed by atoms with Gasteiger partial charge in [0.05, 0.1) is 5.69 Å². The fourth-order valence-electron chi connectivity index (χ4n) is 4.96. The fourth-order valence-corrected chi connectivity index (χ4v) is 6.22. The summed E-state index contributed by atoms with van der Waals surface area (Å²) in [6.07, 6.45) is 7.35. The van der Waals surface area contributed by atoms with Crippen molar-refractivity contribution in [1.82, 2.24) is 14.5 Å². The molecule has 2 aliphatic rings. The second kappa shape index (κ2) is 8.58. The SMILES string of the molecule is Cc1cc(=O)c(C(=O)N2CCCCC2C)c2n1-c1ccccc1SC(c1cccnc1)C2. The van der Waals surface area contributed by atoms with Crippen molar-refractivity contribution in [2.45, 2.75) is 55.7 Å². The number of carbonyl (C=O) groups excluding carboxylic acids is 1.